The summed E-state index contributed by atoms with van der Waals surface area (Å²) < 4.78 is 12.8. The number of hydrogen-bond acceptors (Lipinski definition) is 7. The lowest BCUT2D eigenvalue weighted by atomic mass is 9.70. The second-order valence-corrected chi connectivity index (χ2v) is 13.6. The van der Waals surface area contributed by atoms with Crippen molar-refractivity contribution in [2.45, 2.75) is 75.8 Å². The molecule has 2 aromatic rings. The number of aliphatic hydroxyl groups is 1. The molecule has 49 heavy (non-hydrogen) atoms. The maximum Gasteiger partial charge on any atom is 0.313 e. The van der Waals surface area contributed by atoms with Gasteiger partial charge in [0.25, 0.3) is 5.91 Å². The van der Waals surface area contributed by atoms with Gasteiger partial charge < -0.3 is 29.7 Å². The fourth-order valence-electron chi connectivity index (χ4n) is 7.67. The number of hydrogen-bond donors (Lipinski definition) is 2. The van der Waals surface area contributed by atoms with Gasteiger partial charge in [0.05, 0.1) is 37.1 Å². The van der Waals surface area contributed by atoms with E-state index in [1.807, 2.05) is 44.2 Å². The molecule has 0 aromatic heterocycles. The zero-order valence-corrected chi connectivity index (χ0v) is 28.9. The number of amides is 3. The molecule has 11 heteroatoms. The molecule has 3 saturated heterocycles. The summed E-state index contributed by atoms with van der Waals surface area (Å²) in [6.45, 7) is 11.2. The molecule has 2 aromatic carbocycles. The molecular formula is C38H46ClN3O7. The van der Waals surface area contributed by atoms with Gasteiger partial charge in [-0.25, -0.2) is 0 Å². The highest BCUT2D eigenvalue weighted by molar-refractivity contribution is 6.30. The van der Waals surface area contributed by atoms with Crippen molar-refractivity contribution in [3.05, 3.63) is 90.5 Å². The van der Waals surface area contributed by atoms with Crippen LogP contribution in [0.2, 0.25) is 5.02 Å². The van der Waals surface area contributed by atoms with Crippen LogP contribution < -0.4 is 10.2 Å². The van der Waals surface area contributed by atoms with E-state index in [9.17, 15) is 24.3 Å². The topological polar surface area (TPSA) is 125 Å². The number of nitrogens with zero attached hydrogens (tertiary/aromatic N) is 2. The average Bonchev–Trinajstić information content (AvgIpc) is 3.76. The molecule has 0 aliphatic carbocycles. The molecule has 0 unspecified atom stereocenters. The number of fused-ring (bicyclic) bond motifs is 1. The van der Waals surface area contributed by atoms with E-state index >= 15 is 0 Å². The lowest BCUT2D eigenvalue weighted by Crippen LogP contribution is -2.60. The van der Waals surface area contributed by atoms with E-state index in [1.165, 1.54) is 4.90 Å². The molecule has 2 bridgehead atoms. The molecule has 2 N–H and O–H groups in total. The fraction of sp³-hybridized carbons (Fsp3) is 0.474. The van der Waals surface area contributed by atoms with Crippen molar-refractivity contribution in [3.63, 3.8) is 0 Å². The van der Waals surface area contributed by atoms with Crippen LogP contribution in [-0.4, -0.2) is 77.2 Å². The SMILES string of the molecule is C=CCCC(=O)NC[C@@H](OC(=O)[C@@H]1[C@@H]2CC[C@]3(O2)[C@H](C(=O)N(CC=C)c2ccc(Cl)cc2)N([C@@H](CO)[C@@H](C)CC)C(=O)[C@@H]13)c1ccccc1. The van der Waals surface area contributed by atoms with E-state index in [1.54, 1.807) is 41.3 Å². The second kappa shape index (κ2) is 15.7. The summed E-state index contributed by atoms with van der Waals surface area (Å²) in [7, 11) is 0. The third kappa shape index (κ3) is 7.04. The van der Waals surface area contributed by atoms with Crippen LogP contribution in [0.3, 0.4) is 0 Å². The second-order valence-electron chi connectivity index (χ2n) is 13.1. The van der Waals surface area contributed by atoms with Crippen molar-refractivity contribution in [1.29, 1.82) is 0 Å². The summed E-state index contributed by atoms with van der Waals surface area (Å²) >= 11 is 6.16. The van der Waals surface area contributed by atoms with E-state index in [2.05, 4.69) is 18.5 Å². The molecular weight excluding hydrogens is 646 g/mol. The van der Waals surface area contributed by atoms with Gasteiger partial charge in [-0.15, -0.1) is 13.2 Å². The first-order valence-corrected chi connectivity index (χ1v) is 17.4. The first-order chi connectivity index (χ1) is 23.6. The van der Waals surface area contributed by atoms with E-state index < -0.39 is 53.6 Å². The van der Waals surface area contributed by atoms with Crippen molar-refractivity contribution < 1.29 is 33.8 Å². The number of anilines is 1. The van der Waals surface area contributed by atoms with Gasteiger partial charge in [-0.2, -0.15) is 0 Å². The minimum Gasteiger partial charge on any atom is -0.455 e. The number of aliphatic hydroxyl groups excluding tert-OH is 1. The standard InChI is InChI=1S/C38H46ClN3O7/c1-5-8-14-31(44)40-22-30(25-12-10-9-11-13-25)48-37(47)32-29-19-20-38(49-29)33(32)35(45)42(28(23-43)24(4)7-3)34(38)36(46)41(21-6-2)27-17-15-26(39)16-18-27/h5-6,9-13,15-18,24,28-30,32-34,43H,1-2,7-8,14,19-23H2,3-4H3,(H,40,44)/t24-,28-,29-,30+,32+,33+,34-,38+/m0/s1. The van der Waals surface area contributed by atoms with Crippen molar-refractivity contribution in [2.24, 2.45) is 17.8 Å². The molecule has 3 fully saturated rings. The number of rotatable bonds is 16. The lowest BCUT2D eigenvalue weighted by Gasteiger charge is -2.40. The summed E-state index contributed by atoms with van der Waals surface area (Å²) in [6, 6.07) is 14.1. The molecule has 5 rings (SSSR count). The number of benzene rings is 2. The van der Waals surface area contributed by atoms with Crippen LogP contribution in [0, 0.1) is 17.8 Å². The van der Waals surface area contributed by atoms with Gasteiger partial charge in [0.15, 0.2) is 0 Å². The predicted octanol–water partition coefficient (Wildman–Crippen LogP) is 5.01. The number of carbonyl (C=O) groups is 4. The van der Waals surface area contributed by atoms with E-state index in [0.29, 0.717) is 42.0 Å². The zero-order chi connectivity index (χ0) is 35.3. The zero-order valence-electron chi connectivity index (χ0n) is 28.1. The van der Waals surface area contributed by atoms with Gasteiger partial charge in [0, 0.05) is 23.7 Å². The van der Waals surface area contributed by atoms with Gasteiger partial charge in [-0.1, -0.05) is 74.4 Å². The quantitative estimate of drug-likeness (QED) is 0.187. The molecule has 262 valence electrons. The maximum atomic E-state index is 14.8. The Kier molecular flexibility index (Phi) is 11.6. The van der Waals surface area contributed by atoms with Crippen LogP contribution in [0.4, 0.5) is 5.69 Å². The maximum absolute atomic E-state index is 14.8. The number of carbonyl (C=O) groups excluding carboxylic acids is 4. The molecule has 0 saturated carbocycles. The van der Waals surface area contributed by atoms with E-state index in [4.69, 9.17) is 21.1 Å². The minimum atomic E-state index is -1.31. The van der Waals surface area contributed by atoms with E-state index in [-0.39, 0.29) is 43.8 Å². The third-order valence-corrected chi connectivity index (χ3v) is 10.5. The first kappa shape index (κ1) is 36.3. The highest BCUT2D eigenvalue weighted by atomic mass is 35.5. The number of allylic oxidation sites excluding steroid dienone is 1. The molecule has 1 spiro atoms. The Morgan fingerprint density at radius 1 is 1.16 bits per heavy atom. The van der Waals surface area contributed by atoms with Gasteiger partial charge in [-0.3, -0.25) is 19.2 Å². The largest absolute Gasteiger partial charge is 0.455 e. The lowest BCUT2D eigenvalue weighted by molar-refractivity contribution is -0.161. The molecule has 0 radical (unpaired) electrons. The van der Waals surface area contributed by atoms with Crippen molar-refractivity contribution in [3.8, 4) is 0 Å². The molecule has 3 amide bonds. The molecule has 10 nitrogen and oxygen atoms in total. The van der Waals surface area contributed by atoms with Crippen molar-refractivity contribution in [1.82, 2.24) is 10.2 Å². The summed E-state index contributed by atoms with van der Waals surface area (Å²) in [6.07, 6.45) is 4.05. The van der Waals surface area contributed by atoms with Crippen LogP contribution in [0.1, 0.15) is 57.6 Å². The predicted molar refractivity (Wildman–Crippen MR) is 186 cm³/mol. The molecule has 3 aliphatic rings. The van der Waals surface area contributed by atoms with Gasteiger partial charge in [0.1, 0.15) is 17.7 Å². The first-order valence-electron chi connectivity index (χ1n) is 17.0. The third-order valence-electron chi connectivity index (χ3n) is 10.3. The van der Waals surface area contributed by atoms with Gasteiger partial charge >= 0.3 is 5.97 Å². The smallest absolute Gasteiger partial charge is 0.313 e. The van der Waals surface area contributed by atoms with Crippen LogP contribution in [0.15, 0.2) is 79.9 Å². The number of likely N-dealkylation sites (tertiary alicyclic amines) is 1. The number of esters is 1. The average molecular weight is 692 g/mol. The van der Waals surface area contributed by atoms with Crippen molar-refractivity contribution in [2.75, 3.05) is 24.6 Å². The molecule has 3 heterocycles. The Morgan fingerprint density at radius 3 is 2.51 bits per heavy atom. The van der Waals surface area contributed by atoms with Crippen molar-refractivity contribution >= 4 is 41.0 Å². The molecule has 3 aliphatic heterocycles. The molecule has 8 atom stereocenters. The summed E-state index contributed by atoms with van der Waals surface area (Å²) in [5.74, 6) is -3.77. The minimum absolute atomic E-state index is 0.0408. The Balaban J connectivity index is 1.51. The number of halogens is 1. The summed E-state index contributed by atoms with van der Waals surface area (Å²) in [5, 5.41) is 14.0. The Hall–Kier alpha value is -3.99. The van der Waals surface area contributed by atoms with Crippen LogP contribution in [0.5, 0.6) is 0 Å². The van der Waals surface area contributed by atoms with Gasteiger partial charge in [-0.05, 0) is 55.0 Å². The monoisotopic (exact) mass is 691 g/mol. The Morgan fingerprint density at radius 2 is 1.88 bits per heavy atom. The van der Waals surface area contributed by atoms with Crippen LogP contribution >= 0.6 is 11.6 Å². The van der Waals surface area contributed by atoms with Crippen LogP contribution in [0.25, 0.3) is 0 Å². The van der Waals surface area contributed by atoms with Crippen LogP contribution in [-0.2, 0) is 28.7 Å². The Bertz CT molecular complexity index is 1540. The van der Waals surface area contributed by atoms with Gasteiger partial charge in [0.2, 0.25) is 11.8 Å². The highest BCUT2D eigenvalue weighted by Crippen LogP contribution is 2.59. The number of ether oxygens (including phenoxy) is 2. The number of nitrogens with one attached hydrogen (secondary N) is 1. The fourth-order valence-corrected chi connectivity index (χ4v) is 7.80. The Labute approximate surface area is 293 Å². The normalized spacial score (nSPS) is 25.6. The van der Waals surface area contributed by atoms with E-state index in [0.717, 1.165) is 0 Å². The highest BCUT2D eigenvalue weighted by Gasteiger charge is 2.76. The summed E-state index contributed by atoms with van der Waals surface area (Å²) in [5.41, 5.74) is -0.0580. The summed E-state index contributed by atoms with van der Waals surface area (Å²) in [4.78, 5) is 59.3.